The first kappa shape index (κ1) is 22.5. The van der Waals surface area contributed by atoms with E-state index in [1.165, 1.54) is 11.0 Å². The largest absolute Gasteiger partial charge is 0.492 e. The van der Waals surface area contributed by atoms with Crippen molar-refractivity contribution in [3.05, 3.63) is 64.2 Å². The van der Waals surface area contributed by atoms with Crippen LogP contribution in [-0.2, 0) is 4.74 Å². The molecule has 1 aliphatic rings. The Morgan fingerprint density at radius 3 is 2.32 bits per heavy atom. The fourth-order valence-corrected chi connectivity index (χ4v) is 3.63. The molecule has 0 aliphatic carbocycles. The number of methoxy groups -OCH3 is 1. The highest BCUT2D eigenvalue weighted by Crippen LogP contribution is 2.25. The highest BCUT2D eigenvalue weighted by atomic mass is 16.5. The first-order valence-corrected chi connectivity index (χ1v) is 10.3. The van der Waals surface area contributed by atoms with Gasteiger partial charge in [-0.25, -0.2) is 0 Å². The summed E-state index contributed by atoms with van der Waals surface area (Å²) in [6, 6.07) is 10.6. The van der Waals surface area contributed by atoms with Gasteiger partial charge in [0.15, 0.2) is 0 Å². The molecule has 3 rings (SSSR count). The molecule has 3 amide bonds. The standard InChI is InChI=1S/C24H28N2O5/c1-16-12-17(2)14-19(13-16)31-11-9-25(3)22(27)18-6-7-20-21(15-18)24(29)26(23(20)28)8-5-10-30-4/h6-7,12-15H,5,8-11H2,1-4H3. The first-order valence-electron chi connectivity index (χ1n) is 10.3. The van der Waals surface area contributed by atoms with Crippen molar-refractivity contribution in [3.8, 4) is 5.75 Å². The average molecular weight is 424 g/mol. The molecule has 0 saturated heterocycles. The molecule has 0 spiro atoms. The molecule has 164 valence electrons. The van der Waals surface area contributed by atoms with Gasteiger partial charge >= 0.3 is 0 Å². The highest BCUT2D eigenvalue weighted by Gasteiger charge is 2.35. The molecule has 0 N–H and O–H groups in total. The molecule has 2 aromatic carbocycles. The Hall–Kier alpha value is -3.19. The molecule has 0 radical (unpaired) electrons. The van der Waals surface area contributed by atoms with E-state index in [0.717, 1.165) is 16.9 Å². The Morgan fingerprint density at radius 1 is 0.968 bits per heavy atom. The van der Waals surface area contributed by atoms with Crippen LogP contribution in [-0.4, -0.2) is 68.0 Å². The van der Waals surface area contributed by atoms with E-state index in [4.69, 9.17) is 9.47 Å². The molecule has 0 aromatic heterocycles. The lowest BCUT2D eigenvalue weighted by Gasteiger charge is -2.18. The van der Waals surface area contributed by atoms with Crippen LogP contribution >= 0.6 is 0 Å². The predicted molar refractivity (Wildman–Crippen MR) is 117 cm³/mol. The summed E-state index contributed by atoms with van der Waals surface area (Å²) in [6.45, 7) is 5.51. The summed E-state index contributed by atoms with van der Waals surface area (Å²) in [6.07, 6.45) is 0.566. The molecule has 1 aliphatic heterocycles. The number of hydrogen-bond acceptors (Lipinski definition) is 5. The van der Waals surface area contributed by atoms with Gasteiger partial charge < -0.3 is 14.4 Å². The molecular weight excluding hydrogens is 396 g/mol. The van der Waals surface area contributed by atoms with Gasteiger partial charge in [-0.05, 0) is 61.7 Å². The fourth-order valence-electron chi connectivity index (χ4n) is 3.63. The van der Waals surface area contributed by atoms with Gasteiger partial charge in [0.2, 0.25) is 0 Å². The maximum atomic E-state index is 12.8. The van der Waals surface area contributed by atoms with Crippen molar-refractivity contribution < 1.29 is 23.9 Å². The van der Waals surface area contributed by atoms with Crippen LogP contribution in [0, 0.1) is 13.8 Å². The minimum absolute atomic E-state index is 0.232. The summed E-state index contributed by atoms with van der Waals surface area (Å²) in [7, 11) is 3.26. The molecule has 7 nitrogen and oxygen atoms in total. The number of fused-ring (bicyclic) bond motifs is 1. The lowest BCUT2D eigenvalue weighted by atomic mass is 10.0. The highest BCUT2D eigenvalue weighted by molar-refractivity contribution is 6.22. The van der Waals surface area contributed by atoms with Crippen molar-refractivity contribution in [1.82, 2.24) is 9.80 Å². The van der Waals surface area contributed by atoms with Crippen molar-refractivity contribution >= 4 is 17.7 Å². The maximum absolute atomic E-state index is 12.8. The topological polar surface area (TPSA) is 76.2 Å². The van der Waals surface area contributed by atoms with Gasteiger partial charge in [-0.15, -0.1) is 0 Å². The van der Waals surface area contributed by atoms with Crippen LogP contribution in [0.25, 0.3) is 0 Å². The third-order valence-corrected chi connectivity index (χ3v) is 5.19. The number of benzene rings is 2. The van der Waals surface area contributed by atoms with Crippen LogP contribution < -0.4 is 4.74 Å². The van der Waals surface area contributed by atoms with Crippen molar-refractivity contribution in [2.45, 2.75) is 20.3 Å². The molecule has 0 unspecified atom stereocenters. The number of hydrogen-bond donors (Lipinski definition) is 0. The summed E-state index contributed by atoms with van der Waals surface area (Å²) < 4.78 is 10.8. The number of nitrogens with zero attached hydrogens (tertiary/aromatic N) is 2. The van der Waals surface area contributed by atoms with Gasteiger partial charge in [0.1, 0.15) is 12.4 Å². The summed E-state index contributed by atoms with van der Waals surface area (Å²) in [5.41, 5.74) is 3.21. The van der Waals surface area contributed by atoms with Gasteiger partial charge in [-0.3, -0.25) is 19.3 Å². The summed E-state index contributed by atoms with van der Waals surface area (Å²) in [5, 5.41) is 0. The molecule has 0 fully saturated rings. The molecule has 0 atom stereocenters. The summed E-state index contributed by atoms with van der Waals surface area (Å²) in [4.78, 5) is 40.7. The van der Waals surface area contributed by atoms with E-state index >= 15 is 0 Å². The van der Waals surface area contributed by atoms with Crippen molar-refractivity contribution in [3.63, 3.8) is 0 Å². The van der Waals surface area contributed by atoms with Crippen LogP contribution in [0.4, 0.5) is 0 Å². The molecule has 0 bridgehead atoms. The number of imide groups is 1. The van der Waals surface area contributed by atoms with Gasteiger partial charge in [-0.1, -0.05) is 6.07 Å². The van der Waals surface area contributed by atoms with E-state index in [1.54, 1.807) is 31.2 Å². The van der Waals surface area contributed by atoms with E-state index in [0.29, 0.717) is 43.9 Å². The number of aryl methyl sites for hydroxylation is 2. The van der Waals surface area contributed by atoms with Crippen LogP contribution in [0.2, 0.25) is 0 Å². The van der Waals surface area contributed by atoms with E-state index in [-0.39, 0.29) is 23.3 Å². The number of ether oxygens (including phenoxy) is 2. The summed E-state index contributed by atoms with van der Waals surface area (Å²) in [5.74, 6) is -0.157. The Morgan fingerprint density at radius 2 is 1.65 bits per heavy atom. The maximum Gasteiger partial charge on any atom is 0.261 e. The second-order valence-corrected chi connectivity index (χ2v) is 7.77. The molecule has 31 heavy (non-hydrogen) atoms. The average Bonchev–Trinajstić information content (AvgIpc) is 2.97. The third-order valence-electron chi connectivity index (χ3n) is 5.19. The van der Waals surface area contributed by atoms with Crippen molar-refractivity contribution in [2.75, 3.05) is 40.5 Å². The van der Waals surface area contributed by atoms with Crippen LogP contribution in [0.15, 0.2) is 36.4 Å². The van der Waals surface area contributed by atoms with E-state index in [1.807, 2.05) is 26.0 Å². The number of carbonyl (C=O) groups excluding carboxylic acids is 3. The Balaban J connectivity index is 1.62. The van der Waals surface area contributed by atoms with Crippen LogP contribution in [0.5, 0.6) is 5.75 Å². The molecule has 7 heteroatoms. The monoisotopic (exact) mass is 424 g/mol. The summed E-state index contributed by atoms with van der Waals surface area (Å²) >= 11 is 0. The van der Waals surface area contributed by atoms with E-state index < -0.39 is 0 Å². The minimum Gasteiger partial charge on any atom is -0.492 e. The van der Waals surface area contributed by atoms with Gasteiger partial charge in [-0.2, -0.15) is 0 Å². The van der Waals surface area contributed by atoms with Gasteiger partial charge in [0.05, 0.1) is 17.7 Å². The quantitative estimate of drug-likeness (QED) is 0.457. The third kappa shape index (κ3) is 5.11. The lowest BCUT2D eigenvalue weighted by molar-refractivity contribution is 0.0638. The molecule has 1 heterocycles. The first-order chi connectivity index (χ1) is 14.8. The SMILES string of the molecule is COCCCN1C(=O)c2ccc(C(=O)N(C)CCOc3cc(C)cc(C)c3)cc2C1=O. The Kier molecular flexibility index (Phi) is 7.07. The number of rotatable bonds is 9. The zero-order valence-electron chi connectivity index (χ0n) is 18.4. The van der Waals surface area contributed by atoms with Crippen LogP contribution in [0.3, 0.4) is 0 Å². The Labute approximate surface area is 182 Å². The number of likely N-dealkylation sites (N-methyl/N-ethyl adjacent to an activating group) is 1. The minimum atomic E-state index is -0.369. The smallest absolute Gasteiger partial charge is 0.261 e. The number of carbonyl (C=O) groups is 3. The Bertz CT molecular complexity index is 981. The van der Waals surface area contributed by atoms with Gasteiger partial charge in [0.25, 0.3) is 17.7 Å². The van der Waals surface area contributed by atoms with Crippen LogP contribution in [0.1, 0.15) is 48.6 Å². The normalized spacial score (nSPS) is 12.8. The zero-order valence-corrected chi connectivity index (χ0v) is 18.4. The molecular formula is C24H28N2O5. The number of amides is 3. The molecule has 2 aromatic rings. The lowest BCUT2D eigenvalue weighted by Crippen LogP contribution is -2.31. The zero-order chi connectivity index (χ0) is 22.5. The predicted octanol–water partition coefficient (Wildman–Crippen LogP) is 3.09. The van der Waals surface area contributed by atoms with Crippen molar-refractivity contribution in [2.24, 2.45) is 0 Å². The fraction of sp³-hybridized carbons (Fsp3) is 0.375. The van der Waals surface area contributed by atoms with E-state index in [9.17, 15) is 14.4 Å². The second-order valence-electron chi connectivity index (χ2n) is 7.77. The second kappa shape index (κ2) is 9.75. The van der Waals surface area contributed by atoms with E-state index in [2.05, 4.69) is 6.07 Å². The van der Waals surface area contributed by atoms with Crippen molar-refractivity contribution in [1.29, 1.82) is 0 Å². The van der Waals surface area contributed by atoms with Gasteiger partial charge in [0, 0.05) is 32.9 Å². The molecule has 0 saturated carbocycles.